The molecule has 6 heteroatoms. The van der Waals surface area contributed by atoms with Crippen LogP contribution in [0, 0.1) is 5.82 Å². The highest BCUT2D eigenvalue weighted by Crippen LogP contribution is 2.16. The Morgan fingerprint density at radius 1 is 1.33 bits per heavy atom. The third-order valence-corrected chi connectivity index (χ3v) is 2.90. The van der Waals surface area contributed by atoms with E-state index in [9.17, 15) is 9.18 Å². The van der Waals surface area contributed by atoms with Gasteiger partial charge in [-0.25, -0.2) is 14.4 Å². The maximum Gasteiger partial charge on any atom is 0.221 e. The van der Waals surface area contributed by atoms with E-state index in [4.69, 9.17) is 0 Å². The number of nitrogens with zero attached hydrogens (tertiary/aromatic N) is 2. The second-order valence-electron chi connectivity index (χ2n) is 4.57. The first-order chi connectivity index (χ1) is 10.1. The van der Waals surface area contributed by atoms with Gasteiger partial charge in [0.25, 0.3) is 0 Å². The lowest BCUT2D eigenvalue weighted by atomic mass is 10.2. The monoisotopic (exact) mass is 288 g/mol. The molecule has 110 valence electrons. The first-order valence-electron chi connectivity index (χ1n) is 6.70. The highest BCUT2D eigenvalue weighted by atomic mass is 19.1. The first kappa shape index (κ1) is 14.9. The van der Waals surface area contributed by atoms with Crippen LogP contribution in [0.1, 0.15) is 25.1 Å². The normalized spacial score (nSPS) is 10.2. The summed E-state index contributed by atoms with van der Waals surface area (Å²) in [6.45, 7) is 3.70. The Labute approximate surface area is 122 Å². The number of rotatable bonds is 5. The van der Waals surface area contributed by atoms with E-state index in [-0.39, 0.29) is 11.7 Å². The summed E-state index contributed by atoms with van der Waals surface area (Å²) in [6, 6.07) is 7.34. The lowest BCUT2D eigenvalue weighted by molar-refractivity contribution is -0.114. The van der Waals surface area contributed by atoms with E-state index in [2.05, 4.69) is 20.6 Å². The first-order valence-corrected chi connectivity index (χ1v) is 6.70. The highest BCUT2D eigenvalue weighted by Gasteiger charge is 2.09. The Hall–Kier alpha value is -2.50. The van der Waals surface area contributed by atoms with E-state index in [1.165, 1.54) is 13.3 Å². The molecule has 0 saturated heterocycles. The number of nitrogens with one attached hydrogen (secondary N) is 2. The summed E-state index contributed by atoms with van der Waals surface area (Å²) in [7, 11) is 0. The Morgan fingerprint density at radius 2 is 2.14 bits per heavy atom. The molecular formula is C15H17FN4O. The lowest BCUT2D eigenvalue weighted by Crippen LogP contribution is -2.08. The highest BCUT2D eigenvalue weighted by molar-refractivity contribution is 5.88. The van der Waals surface area contributed by atoms with Crippen molar-refractivity contribution in [3.8, 4) is 0 Å². The average molecular weight is 288 g/mol. The SMILES string of the molecule is CCc1ncnc(NCc2cccc(NC(C)=O)c2)c1F. The van der Waals surface area contributed by atoms with Gasteiger partial charge in [0.2, 0.25) is 5.91 Å². The lowest BCUT2D eigenvalue weighted by Gasteiger charge is -2.09. The summed E-state index contributed by atoms with van der Waals surface area (Å²) in [5.41, 5.74) is 2.01. The zero-order chi connectivity index (χ0) is 15.2. The molecule has 2 aromatic rings. The minimum Gasteiger partial charge on any atom is -0.363 e. The molecule has 0 radical (unpaired) electrons. The molecule has 0 aliphatic rings. The van der Waals surface area contributed by atoms with Crippen molar-refractivity contribution < 1.29 is 9.18 Å². The summed E-state index contributed by atoms with van der Waals surface area (Å²) in [6.07, 6.45) is 1.86. The van der Waals surface area contributed by atoms with E-state index in [1.54, 1.807) is 6.07 Å². The third-order valence-electron chi connectivity index (χ3n) is 2.90. The van der Waals surface area contributed by atoms with Crippen LogP contribution in [0.2, 0.25) is 0 Å². The van der Waals surface area contributed by atoms with Crippen molar-refractivity contribution in [1.29, 1.82) is 0 Å². The molecule has 5 nitrogen and oxygen atoms in total. The van der Waals surface area contributed by atoms with Crippen molar-refractivity contribution in [2.24, 2.45) is 0 Å². The summed E-state index contributed by atoms with van der Waals surface area (Å²) < 4.78 is 14.0. The van der Waals surface area contributed by atoms with Crippen LogP contribution in [-0.2, 0) is 17.8 Å². The molecule has 0 spiro atoms. The van der Waals surface area contributed by atoms with Gasteiger partial charge in [0.15, 0.2) is 11.6 Å². The van der Waals surface area contributed by atoms with Crippen molar-refractivity contribution in [3.05, 3.63) is 47.7 Å². The largest absolute Gasteiger partial charge is 0.363 e. The van der Waals surface area contributed by atoms with Crippen LogP contribution >= 0.6 is 0 Å². The molecule has 21 heavy (non-hydrogen) atoms. The number of aryl methyl sites for hydroxylation is 1. The van der Waals surface area contributed by atoms with Crippen LogP contribution in [0.15, 0.2) is 30.6 Å². The molecule has 1 aromatic heterocycles. The maximum atomic E-state index is 14.0. The molecule has 1 heterocycles. The van der Waals surface area contributed by atoms with Crippen molar-refractivity contribution >= 4 is 17.4 Å². The fourth-order valence-electron chi connectivity index (χ4n) is 1.92. The number of carbonyl (C=O) groups excluding carboxylic acids is 1. The summed E-state index contributed by atoms with van der Waals surface area (Å²) in [5.74, 6) is -0.362. The zero-order valence-electron chi connectivity index (χ0n) is 12.0. The average Bonchev–Trinajstić information content (AvgIpc) is 2.46. The van der Waals surface area contributed by atoms with Crippen molar-refractivity contribution in [2.45, 2.75) is 26.8 Å². The van der Waals surface area contributed by atoms with Crippen LogP contribution in [0.5, 0.6) is 0 Å². The molecule has 0 atom stereocenters. The molecule has 0 aliphatic heterocycles. The molecule has 1 aromatic carbocycles. The third kappa shape index (κ3) is 3.98. The van der Waals surface area contributed by atoms with Crippen molar-refractivity contribution in [2.75, 3.05) is 10.6 Å². The van der Waals surface area contributed by atoms with Crippen molar-refractivity contribution in [3.63, 3.8) is 0 Å². The Kier molecular flexibility index (Phi) is 4.81. The number of benzene rings is 1. The van der Waals surface area contributed by atoms with Gasteiger partial charge in [-0.1, -0.05) is 19.1 Å². The Morgan fingerprint density at radius 3 is 2.86 bits per heavy atom. The molecule has 2 N–H and O–H groups in total. The number of hydrogen-bond acceptors (Lipinski definition) is 4. The molecule has 0 unspecified atom stereocenters. The number of anilines is 2. The number of hydrogen-bond donors (Lipinski definition) is 2. The Balaban J connectivity index is 2.08. The van der Waals surface area contributed by atoms with Gasteiger partial charge in [-0.05, 0) is 24.1 Å². The van der Waals surface area contributed by atoms with E-state index >= 15 is 0 Å². The minimum atomic E-state index is -0.419. The fourth-order valence-corrected chi connectivity index (χ4v) is 1.92. The van der Waals surface area contributed by atoms with Gasteiger partial charge >= 0.3 is 0 Å². The van der Waals surface area contributed by atoms with E-state index in [1.807, 2.05) is 25.1 Å². The Bertz CT molecular complexity index is 645. The quantitative estimate of drug-likeness (QED) is 0.887. The molecular weight excluding hydrogens is 271 g/mol. The number of amides is 1. The summed E-state index contributed by atoms with van der Waals surface area (Å²) >= 11 is 0. The van der Waals surface area contributed by atoms with E-state index in [0.717, 1.165) is 5.56 Å². The van der Waals surface area contributed by atoms with Crippen LogP contribution in [0.3, 0.4) is 0 Å². The minimum absolute atomic E-state index is 0.130. The number of carbonyl (C=O) groups is 1. The fraction of sp³-hybridized carbons (Fsp3) is 0.267. The standard InChI is InChI=1S/C15H17FN4O/c1-3-13-14(16)15(19-9-18-13)17-8-11-5-4-6-12(7-11)20-10(2)21/h4-7,9H,3,8H2,1-2H3,(H,20,21)(H,17,18,19). The predicted molar refractivity (Wildman–Crippen MR) is 79.4 cm³/mol. The van der Waals surface area contributed by atoms with Gasteiger partial charge in [0.05, 0.1) is 5.69 Å². The second kappa shape index (κ2) is 6.78. The van der Waals surface area contributed by atoms with E-state index in [0.29, 0.717) is 24.3 Å². The predicted octanol–water partition coefficient (Wildman–Crippen LogP) is 2.75. The van der Waals surface area contributed by atoms with Gasteiger partial charge in [0.1, 0.15) is 6.33 Å². The van der Waals surface area contributed by atoms with Crippen LogP contribution < -0.4 is 10.6 Å². The molecule has 2 rings (SSSR count). The number of halogens is 1. The summed E-state index contributed by atoms with van der Waals surface area (Å²) in [4.78, 5) is 18.8. The molecule has 1 amide bonds. The molecule has 0 bridgehead atoms. The van der Waals surface area contributed by atoms with Gasteiger partial charge in [0, 0.05) is 19.2 Å². The topological polar surface area (TPSA) is 66.9 Å². The zero-order valence-corrected chi connectivity index (χ0v) is 12.0. The number of aromatic nitrogens is 2. The maximum absolute atomic E-state index is 14.0. The van der Waals surface area contributed by atoms with Gasteiger partial charge in [-0.15, -0.1) is 0 Å². The van der Waals surface area contributed by atoms with Gasteiger partial charge in [-0.3, -0.25) is 4.79 Å². The smallest absolute Gasteiger partial charge is 0.221 e. The van der Waals surface area contributed by atoms with Crippen molar-refractivity contribution in [1.82, 2.24) is 9.97 Å². The van der Waals surface area contributed by atoms with E-state index < -0.39 is 5.82 Å². The molecule has 0 aliphatic carbocycles. The summed E-state index contributed by atoms with van der Waals surface area (Å²) in [5, 5.41) is 5.65. The molecule has 0 saturated carbocycles. The van der Waals surface area contributed by atoms with Crippen LogP contribution in [-0.4, -0.2) is 15.9 Å². The van der Waals surface area contributed by atoms with Crippen LogP contribution in [0.25, 0.3) is 0 Å². The van der Waals surface area contributed by atoms with Gasteiger partial charge in [-0.2, -0.15) is 0 Å². The second-order valence-corrected chi connectivity index (χ2v) is 4.57. The van der Waals surface area contributed by atoms with Gasteiger partial charge < -0.3 is 10.6 Å². The van der Waals surface area contributed by atoms with Crippen LogP contribution in [0.4, 0.5) is 15.9 Å². The molecule has 0 fully saturated rings.